The fraction of sp³-hybridized carbons (Fsp3) is 0.136. The molecule has 10 heteroatoms. The lowest BCUT2D eigenvalue weighted by atomic mass is 10.0. The highest BCUT2D eigenvalue weighted by molar-refractivity contribution is 7.89. The van der Waals surface area contributed by atoms with Crippen LogP contribution >= 0.6 is 0 Å². The van der Waals surface area contributed by atoms with Crippen molar-refractivity contribution in [2.75, 3.05) is 5.32 Å². The molecule has 0 saturated carbocycles. The number of carbonyl (C=O) groups excluding carboxylic acids is 1. The number of anilines is 1. The molecule has 0 fully saturated rings. The molecule has 32 heavy (non-hydrogen) atoms. The lowest BCUT2D eigenvalue weighted by Gasteiger charge is -2.11. The van der Waals surface area contributed by atoms with Crippen LogP contribution in [0, 0.1) is 13.8 Å². The summed E-state index contributed by atoms with van der Waals surface area (Å²) in [5.41, 5.74) is 4.40. The summed E-state index contributed by atoms with van der Waals surface area (Å²) < 4.78 is 54.5. The maximum atomic E-state index is 12.6. The fourth-order valence-corrected chi connectivity index (χ4v) is 4.29. The number of nitrogens with two attached hydrogens (primary N) is 1. The van der Waals surface area contributed by atoms with Gasteiger partial charge in [-0.05, 0) is 74.0 Å². The second-order valence-electron chi connectivity index (χ2n) is 7.30. The number of benzene rings is 2. The summed E-state index contributed by atoms with van der Waals surface area (Å²) in [5.74, 6) is -0.302. The van der Waals surface area contributed by atoms with Gasteiger partial charge in [0.2, 0.25) is 10.0 Å². The van der Waals surface area contributed by atoms with E-state index in [1.54, 1.807) is 18.2 Å². The van der Waals surface area contributed by atoms with Gasteiger partial charge in [-0.1, -0.05) is 0 Å². The Morgan fingerprint density at radius 1 is 1.09 bits per heavy atom. The molecule has 0 aliphatic carbocycles. The van der Waals surface area contributed by atoms with E-state index in [1.807, 2.05) is 24.5 Å². The van der Waals surface area contributed by atoms with Crippen molar-refractivity contribution in [2.45, 2.75) is 25.4 Å². The number of halogens is 2. The maximum absolute atomic E-state index is 12.6. The van der Waals surface area contributed by atoms with Gasteiger partial charge >= 0.3 is 6.61 Å². The van der Waals surface area contributed by atoms with Gasteiger partial charge in [0.15, 0.2) is 0 Å². The number of fused-ring (bicyclic) bond motifs is 1. The van der Waals surface area contributed by atoms with Crippen LogP contribution < -0.4 is 15.2 Å². The number of nitrogens with zero attached hydrogens (tertiary/aromatic N) is 1. The number of hydrogen-bond acceptors (Lipinski definition) is 4. The van der Waals surface area contributed by atoms with Crippen molar-refractivity contribution in [3.05, 3.63) is 71.0 Å². The van der Waals surface area contributed by atoms with Crippen LogP contribution in [0.2, 0.25) is 0 Å². The third kappa shape index (κ3) is 4.02. The van der Waals surface area contributed by atoms with E-state index in [-0.39, 0.29) is 16.6 Å². The molecule has 0 unspecified atom stereocenters. The first-order chi connectivity index (χ1) is 15.0. The molecule has 1 amide bonds. The Balaban J connectivity index is 1.75. The van der Waals surface area contributed by atoms with E-state index in [9.17, 15) is 22.0 Å². The Morgan fingerprint density at radius 3 is 2.41 bits per heavy atom. The molecule has 0 radical (unpaired) electrons. The number of carbonyl (C=O) groups is 1. The summed E-state index contributed by atoms with van der Waals surface area (Å²) in [5, 5.41) is 7.94. The lowest BCUT2D eigenvalue weighted by molar-refractivity contribution is -0.110. The Hall–Kier alpha value is -3.50. The van der Waals surface area contributed by atoms with Gasteiger partial charge in [0.05, 0.1) is 4.90 Å². The van der Waals surface area contributed by atoms with Gasteiger partial charge in [-0.2, -0.15) is 8.78 Å². The van der Waals surface area contributed by atoms with E-state index in [4.69, 9.17) is 5.14 Å². The number of nitrogens with one attached hydrogen (secondary N) is 1. The lowest BCUT2D eigenvalue weighted by Crippen LogP contribution is -2.12. The third-order valence-corrected chi connectivity index (χ3v) is 6.10. The number of alkyl halides is 2. The van der Waals surface area contributed by atoms with Gasteiger partial charge in [0.1, 0.15) is 5.75 Å². The van der Waals surface area contributed by atoms with Gasteiger partial charge < -0.3 is 14.6 Å². The molecule has 0 spiro atoms. The molecule has 4 rings (SSSR count). The minimum atomic E-state index is -3.92. The van der Waals surface area contributed by atoms with E-state index >= 15 is 0 Å². The normalized spacial score (nSPS) is 14.7. The molecular formula is C22H19F2N3O4S. The zero-order valence-corrected chi connectivity index (χ0v) is 17.9. The largest absolute Gasteiger partial charge is 0.435 e. The van der Waals surface area contributed by atoms with Gasteiger partial charge in [0, 0.05) is 33.9 Å². The van der Waals surface area contributed by atoms with Crippen molar-refractivity contribution in [1.29, 1.82) is 0 Å². The summed E-state index contributed by atoms with van der Waals surface area (Å²) in [6, 6.07) is 12.3. The van der Waals surface area contributed by atoms with E-state index in [0.29, 0.717) is 16.8 Å². The number of rotatable bonds is 5. The third-order valence-electron chi connectivity index (χ3n) is 5.19. The van der Waals surface area contributed by atoms with Crippen LogP contribution in [0.1, 0.15) is 22.5 Å². The summed E-state index contributed by atoms with van der Waals surface area (Å²) in [7, 11) is -3.92. The molecule has 7 nitrogen and oxygen atoms in total. The average molecular weight is 459 g/mol. The molecule has 2 heterocycles. The zero-order chi connectivity index (χ0) is 23.2. The second kappa shape index (κ2) is 7.88. The van der Waals surface area contributed by atoms with Crippen LogP contribution in [0.25, 0.3) is 17.3 Å². The predicted molar refractivity (Wildman–Crippen MR) is 116 cm³/mol. The Bertz CT molecular complexity index is 1360. The number of aryl methyl sites for hydroxylation is 1. The van der Waals surface area contributed by atoms with Crippen molar-refractivity contribution >= 4 is 33.3 Å². The summed E-state index contributed by atoms with van der Waals surface area (Å²) in [6.07, 6.45) is 1.68. The van der Waals surface area contributed by atoms with Crippen molar-refractivity contribution in [3.63, 3.8) is 0 Å². The Morgan fingerprint density at radius 2 is 1.78 bits per heavy atom. The van der Waals surface area contributed by atoms with Gasteiger partial charge in [-0.3, -0.25) is 4.79 Å². The first-order valence-corrected chi connectivity index (χ1v) is 11.0. The van der Waals surface area contributed by atoms with Crippen molar-refractivity contribution in [3.8, 4) is 11.4 Å². The van der Waals surface area contributed by atoms with Crippen molar-refractivity contribution in [2.24, 2.45) is 5.14 Å². The van der Waals surface area contributed by atoms with E-state index in [1.165, 1.54) is 30.3 Å². The number of hydrogen-bond donors (Lipinski definition) is 2. The fourth-order valence-electron chi connectivity index (χ4n) is 3.75. The number of aromatic nitrogens is 1. The monoisotopic (exact) mass is 459 g/mol. The van der Waals surface area contributed by atoms with Crippen molar-refractivity contribution < 1.29 is 26.7 Å². The van der Waals surface area contributed by atoms with Crippen molar-refractivity contribution in [1.82, 2.24) is 4.57 Å². The molecule has 166 valence electrons. The second-order valence-corrected chi connectivity index (χ2v) is 8.86. The minimum absolute atomic E-state index is 0.0541. The van der Waals surface area contributed by atoms with Crippen LogP contribution in [-0.2, 0) is 14.8 Å². The van der Waals surface area contributed by atoms with Crippen LogP contribution in [0.5, 0.6) is 5.75 Å². The molecular weight excluding hydrogens is 440 g/mol. The SMILES string of the molecule is Cc1cc(/C=C2\C(=O)Nc3ccc(S(N)(=O)=O)cc32)c(C)n1-c1ccc(OC(F)F)cc1. The quantitative estimate of drug-likeness (QED) is 0.566. The highest BCUT2D eigenvalue weighted by Crippen LogP contribution is 2.35. The molecule has 3 N–H and O–H groups in total. The van der Waals surface area contributed by atoms with Crippen LogP contribution in [0.4, 0.5) is 14.5 Å². The summed E-state index contributed by atoms with van der Waals surface area (Å²) in [4.78, 5) is 12.5. The van der Waals surface area contributed by atoms with Crippen LogP contribution in [-0.4, -0.2) is 25.5 Å². The van der Waals surface area contributed by atoms with Gasteiger partial charge in [-0.25, -0.2) is 13.6 Å². The molecule has 1 aromatic heterocycles. The van der Waals surface area contributed by atoms with E-state index < -0.39 is 16.6 Å². The molecule has 0 atom stereocenters. The number of ether oxygens (including phenoxy) is 1. The maximum Gasteiger partial charge on any atom is 0.387 e. The number of sulfonamides is 1. The van der Waals surface area contributed by atoms with Crippen LogP contribution in [0.3, 0.4) is 0 Å². The van der Waals surface area contributed by atoms with Crippen LogP contribution in [0.15, 0.2) is 53.4 Å². The highest BCUT2D eigenvalue weighted by Gasteiger charge is 2.26. The smallest absolute Gasteiger partial charge is 0.387 e. The molecule has 1 aliphatic rings. The number of amides is 1. The topological polar surface area (TPSA) is 103 Å². The zero-order valence-electron chi connectivity index (χ0n) is 17.1. The van der Waals surface area contributed by atoms with Gasteiger partial charge in [0.25, 0.3) is 5.91 Å². The molecule has 2 aromatic carbocycles. The first-order valence-electron chi connectivity index (χ1n) is 9.49. The Kier molecular flexibility index (Phi) is 5.35. The minimum Gasteiger partial charge on any atom is -0.435 e. The molecule has 1 aliphatic heterocycles. The summed E-state index contributed by atoms with van der Waals surface area (Å²) >= 11 is 0. The molecule has 0 bridgehead atoms. The van der Waals surface area contributed by atoms with E-state index in [0.717, 1.165) is 22.6 Å². The predicted octanol–water partition coefficient (Wildman–Crippen LogP) is 3.84. The standard InChI is InChI=1S/C22H19F2N3O4S/c1-12-9-14(13(2)27(12)15-3-5-16(6-4-15)31-22(23)24)10-19-18-11-17(32(25,29)30)7-8-20(18)26-21(19)28/h3-11,22H,1-2H3,(H,26,28)(H2,25,29,30)/b19-10-. The molecule has 3 aromatic rings. The van der Waals surface area contributed by atoms with E-state index in [2.05, 4.69) is 10.1 Å². The van der Waals surface area contributed by atoms with Gasteiger partial charge in [-0.15, -0.1) is 0 Å². The first kappa shape index (κ1) is 21.7. The highest BCUT2D eigenvalue weighted by atomic mass is 32.2. The number of primary sulfonamides is 1. The molecule has 0 saturated heterocycles. The summed E-state index contributed by atoms with van der Waals surface area (Å²) in [6.45, 7) is 0.835. The Labute approximate surface area is 183 Å². The average Bonchev–Trinajstić information content (AvgIpc) is 3.17.